The van der Waals surface area contributed by atoms with Gasteiger partial charge in [-0.05, 0) is 12.5 Å². The van der Waals surface area contributed by atoms with Gasteiger partial charge in [-0.25, -0.2) is 4.98 Å². The molecular weight excluding hydrogens is 288 g/mol. The molecule has 1 aromatic carbocycles. The number of benzene rings is 1. The Hall–Kier alpha value is -2.47. The van der Waals surface area contributed by atoms with Crippen LogP contribution >= 0.6 is 11.3 Å². The highest BCUT2D eigenvalue weighted by Gasteiger charge is 2.12. The summed E-state index contributed by atoms with van der Waals surface area (Å²) < 4.78 is 0. The predicted molar refractivity (Wildman–Crippen MR) is 79.7 cm³/mol. The maximum atomic E-state index is 11.5. The van der Waals surface area contributed by atoms with Crippen LogP contribution in [-0.4, -0.2) is 16.9 Å². The van der Waals surface area contributed by atoms with E-state index in [1.165, 1.54) is 11.3 Å². The minimum atomic E-state index is -1.41. The number of nitrogens with zero attached hydrogens (tertiary/aromatic N) is 1. The van der Waals surface area contributed by atoms with Gasteiger partial charge in [-0.3, -0.25) is 10.1 Å². The zero-order valence-electron chi connectivity index (χ0n) is 11.3. The Morgan fingerprint density at radius 1 is 1.29 bits per heavy atom. The largest absolute Gasteiger partial charge is 0.545 e. The third kappa shape index (κ3) is 4.00. The van der Waals surface area contributed by atoms with E-state index < -0.39 is 11.9 Å². The first-order valence-corrected chi connectivity index (χ1v) is 7.17. The molecule has 0 atom stereocenters. The van der Waals surface area contributed by atoms with Crippen LogP contribution in [0.25, 0.3) is 11.3 Å². The van der Waals surface area contributed by atoms with Crippen molar-refractivity contribution < 1.29 is 14.7 Å². The Bertz CT molecular complexity index is 677. The fourth-order valence-corrected chi connectivity index (χ4v) is 2.68. The van der Waals surface area contributed by atoms with Gasteiger partial charge >= 0.3 is 0 Å². The number of amides is 1. The molecule has 1 amide bonds. The third-order valence-electron chi connectivity index (χ3n) is 2.67. The molecule has 0 aliphatic rings. The number of thiazole rings is 1. The van der Waals surface area contributed by atoms with Crippen molar-refractivity contribution in [3.05, 3.63) is 47.4 Å². The maximum Gasteiger partial charge on any atom is 0.250 e. The molecule has 0 saturated carbocycles. The second-order valence-corrected chi connectivity index (χ2v) is 5.24. The number of carbonyl (C=O) groups excluding carboxylic acids is 2. The summed E-state index contributed by atoms with van der Waals surface area (Å²) in [5, 5.41) is 13.3. The zero-order chi connectivity index (χ0) is 15.2. The minimum absolute atomic E-state index is 0.443. The summed E-state index contributed by atoms with van der Waals surface area (Å²) in [7, 11) is 0. The smallest absolute Gasteiger partial charge is 0.250 e. The van der Waals surface area contributed by atoms with Crippen molar-refractivity contribution in [2.45, 2.75) is 13.3 Å². The molecule has 0 aliphatic heterocycles. The Morgan fingerprint density at radius 2 is 2.00 bits per heavy atom. The number of carboxylic acids is 1. The highest BCUT2D eigenvalue weighted by molar-refractivity contribution is 7.16. The number of aromatic nitrogens is 1. The van der Waals surface area contributed by atoms with Gasteiger partial charge in [-0.15, -0.1) is 11.3 Å². The van der Waals surface area contributed by atoms with Crippen LogP contribution in [0.15, 0.2) is 42.5 Å². The molecule has 0 spiro atoms. The van der Waals surface area contributed by atoms with E-state index >= 15 is 0 Å². The lowest BCUT2D eigenvalue weighted by molar-refractivity contribution is -0.297. The minimum Gasteiger partial charge on any atom is -0.545 e. The van der Waals surface area contributed by atoms with Crippen molar-refractivity contribution in [3.63, 3.8) is 0 Å². The quantitative estimate of drug-likeness (QED) is 0.851. The van der Waals surface area contributed by atoms with Crippen molar-refractivity contribution in [2.75, 3.05) is 5.32 Å². The molecule has 0 fully saturated rings. The van der Waals surface area contributed by atoms with Gasteiger partial charge in [0.05, 0.1) is 11.7 Å². The molecule has 0 unspecified atom stereocenters. The molecular formula is C15H13N2O3S-. The van der Waals surface area contributed by atoms with Gasteiger partial charge in [0.1, 0.15) is 0 Å². The molecule has 108 valence electrons. The van der Waals surface area contributed by atoms with Crippen molar-refractivity contribution >= 4 is 28.3 Å². The molecule has 21 heavy (non-hydrogen) atoms. The monoisotopic (exact) mass is 301 g/mol. The summed E-state index contributed by atoms with van der Waals surface area (Å²) in [5.74, 6) is -1.96. The van der Waals surface area contributed by atoms with Crippen LogP contribution in [0.1, 0.15) is 11.8 Å². The molecule has 0 saturated heterocycles. The van der Waals surface area contributed by atoms with Gasteiger partial charge in [0.2, 0.25) is 5.91 Å². The molecule has 5 nitrogen and oxygen atoms in total. The van der Waals surface area contributed by atoms with Gasteiger partial charge in [-0.2, -0.15) is 0 Å². The summed E-state index contributed by atoms with van der Waals surface area (Å²) in [6.07, 6.45) is 2.39. The van der Waals surface area contributed by atoms with Crippen molar-refractivity contribution in [3.8, 4) is 11.3 Å². The number of anilines is 1. The van der Waals surface area contributed by atoms with E-state index in [0.29, 0.717) is 11.2 Å². The average molecular weight is 301 g/mol. The highest BCUT2D eigenvalue weighted by atomic mass is 32.1. The summed E-state index contributed by atoms with van der Waals surface area (Å²) in [4.78, 5) is 27.3. The second-order valence-electron chi connectivity index (χ2n) is 4.15. The third-order valence-corrected chi connectivity index (χ3v) is 3.78. The standard InChI is InChI=1S/C15H14N2O3S/c1-2-11-14(10-6-4-3-5-7-10)17-15(21-11)16-12(18)8-9-13(19)20/h3-9H,2H2,1H3,(H,19,20)(H,16,17,18)/p-1/b9-8+. The molecule has 2 aromatic rings. The number of rotatable bonds is 5. The first-order chi connectivity index (χ1) is 10.1. The number of hydrogen-bond donors (Lipinski definition) is 1. The molecule has 0 bridgehead atoms. The number of aryl methyl sites for hydroxylation is 1. The van der Waals surface area contributed by atoms with Crippen LogP contribution in [0, 0.1) is 0 Å². The molecule has 1 aromatic heterocycles. The van der Waals surface area contributed by atoms with E-state index in [1.807, 2.05) is 37.3 Å². The Kier molecular flexibility index (Phi) is 4.84. The normalized spacial score (nSPS) is 10.7. The summed E-state index contributed by atoms with van der Waals surface area (Å²) >= 11 is 1.38. The molecule has 1 N–H and O–H groups in total. The number of nitrogens with one attached hydrogen (secondary N) is 1. The predicted octanol–water partition coefficient (Wildman–Crippen LogP) is 1.62. The van der Waals surface area contributed by atoms with E-state index in [4.69, 9.17) is 0 Å². The number of aliphatic carboxylic acids is 1. The Labute approximate surface area is 126 Å². The fourth-order valence-electron chi connectivity index (χ4n) is 1.76. The molecule has 6 heteroatoms. The Balaban J connectivity index is 2.21. The van der Waals surface area contributed by atoms with Crippen LogP contribution in [-0.2, 0) is 16.0 Å². The molecule has 2 rings (SSSR count). The van der Waals surface area contributed by atoms with Gasteiger partial charge in [-0.1, -0.05) is 37.3 Å². The van der Waals surface area contributed by atoms with Crippen LogP contribution in [0.2, 0.25) is 0 Å². The van der Waals surface area contributed by atoms with Gasteiger partial charge in [0, 0.05) is 16.5 Å². The van der Waals surface area contributed by atoms with Crippen LogP contribution in [0.3, 0.4) is 0 Å². The van der Waals surface area contributed by atoms with E-state index in [1.54, 1.807) is 0 Å². The van der Waals surface area contributed by atoms with E-state index in [9.17, 15) is 14.7 Å². The first-order valence-electron chi connectivity index (χ1n) is 6.35. The van der Waals surface area contributed by atoms with Crippen LogP contribution in [0.5, 0.6) is 0 Å². The highest BCUT2D eigenvalue weighted by Crippen LogP contribution is 2.31. The number of hydrogen-bond acceptors (Lipinski definition) is 5. The molecule has 1 heterocycles. The molecule has 0 radical (unpaired) electrons. The lowest BCUT2D eigenvalue weighted by Crippen LogP contribution is -2.20. The van der Waals surface area contributed by atoms with E-state index in [-0.39, 0.29) is 0 Å². The van der Waals surface area contributed by atoms with E-state index in [2.05, 4.69) is 10.3 Å². The number of carboxylic acid groups (broad SMARTS) is 1. The van der Waals surface area contributed by atoms with Crippen molar-refractivity contribution in [2.24, 2.45) is 0 Å². The van der Waals surface area contributed by atoms with Crippen molar-refractivity contribution in [1.82, 2.24) is 4.98 Å². The maximum absolute atomic E-state index is 11.5. The number of carbonyl (C=O) groups is 2. The van der Waals surface area contributed by atoms with Crippen molar-refractivity contribution in [1.29, 1.82) is 0 Å². The SMILES string of the molecule is CCc1sc(NC(=O)/C=C/C(=O)[O-])nc1-c1ccccc1. The summed E-state index contributed by atoms with van der Waals surface area (Å²) in [6, 6.07) is 9.69. The molecule has 0 aliphatic carbocycles. The summed E-state index contributed by atoms with van der Waals surface area (Å²) in [6.45, 7) is 2.02. The van der Waals surface area contributed by atoms with E-state index in [0.717, 1.165) is 28.6 Å². The van der Waals surface area contributed by atoms with Gasteiger partial charge in [0.25, 0.3) is 0 Å². The van der Waals surface area contributed by atoms with Crippen LogP contribution in [0.4, 0.5) is 5.13 Å². The fraction of sp³-hybridized carbons (Fsp3) is 0.133. The Morgan fingerprint density at radius 3 is 2.62 bits per heavy atom. The lowest BCUT2D eigenvalue weighted by atomic mass is 10.1. The lowest BCUT2D eigenvalue weighted by Gasteiger charge is -1.98. The average Bonchev–Trinajstić information content (AvgIpc) is 2.89. The topological polar surface area (TPSA) is 82.1 Å². The first kappa shape index (κ1) is 14.9. The van der Waals surface area contributed by atoms with Gasteiger partial charge < -0.3 is 9.90 Å². The van der Waals surface area contributed by atoms with Crippen LogP contribution < -0.4 is 10.4 Å². The second kappa shape index (κ2) is 6.81. The zero-order valence-corrected chi connectivity index (χ0v) is 12.1. The van der Waals surface area contributed by atoms with Gasteiger partial charge in [0.15, 0.2) is 5.13 Å². The summed E-state index contributed by atoms with van der Waals surface area (Å²) in [5.41, 5.74) is 1.82.